The third kappa shape index (κ3) is 6.36. The molecule has 8 nitrogen and oxygen atoms in total. The van der Waals surface area contributed by atoms with E-state index in [0.29, 0.717) is 40.1 Å². The molecule has 3 amide bonds. The summed E-state index contributed by atoms with van der Waals surface area (Å²) >= 11 is 8.94. The molecule has 2 aliphatic rings. The molecule has 6 rings (SSSR count). The van der Waals surface area contributed by atoms with Crippen LogP contribution in [0.3, 0.4) is 0 Å². The van der Waals surface area contributed by atoms with Crippen LogP contribution in [0.1, 0.15) is 49.4 Å². The lowest BCUT2D eigenvalue weighted by molar-refractivity contribution is -0.117. The van der Waals surface area contributed by atoms with Crippen LogP contribution in [0, 0.1) is 0 Å². The van der Waals surface area contributed by atoms with E-state index in [1.807, 2.05) is 35.4 Å². The van der Waals surface area contributed by atoms with E-state index in [1.54, 1.807) is 47.7 Å². The van der Waals surface area contributed by atoms with Gasteiger partial charge in [-0.2, -0.15) is 0 Å². The summed E-state index contributed by atoms with van der Waals surface area (Å²) in [5, 5.41) is 11.3. The second kappa shape index (κ2) is 12.1. The van der Waals surface area contributed by atoms with E-state index >= 15 is 0 Å². The Labute approximate surface area is 250 Å². The first-order valence-corrected chi connectivity index (χ1v) is 15.5. The fraction of sp³-hybridized carbons (Fsp3) is 0.267. The minimum atomic E-state index is -0.167. The molecule has 2 fully saturated rings. The SMILES string of the molecule is O=C(NCc1ccc(-c2cnc(C3CN(C(=O)c4ccc(NC(=O)[C@@H]5CCCN5)s4)C3)s2)cc1)c1cccc(Cl)c1. The van der Waals surface area contributed by atoms with Gasteiger partial charge in [-0.3, -0.25) is 14.4 Å². The Hall–Kier alpha value is -3.57. The normalized spacial score (nSPS) is 16.8. The number of carbonyl (C=O) groups is 3. The number of benzene rings is 2. The van der Waals surface area contributed by atoms with Crippen LogP contribution in [0.25, 0.3) is 10.4 Å². The molecule has 0 radical (unpaired) electrons. The van der Waals surface area contributed by atoms with Gasteiger partial charge in [0.1, 0.15) is 0 Å². The number of thiazole rings is 1. The summed E-state index contributed by atoms with van der Waals surface area (Å²) < 4.78 is 0. The lowest BCUT2D eigenvalue weighted by Gasteiger charge is -2.37. The molecule has 2 aliphatic heterocycles. The van der Waals surface area contributed by atoms with Gasteiger partial charge in [-0.05, 0) is 60.8 Å². The van der Waals surface area contributed by atoms with Crippen LogP contribution in [-0.4, -0.2) is 53.3 Å². The maximum atomic E-state index is 13.0. The molecule has 4 aromatic rings. The molecule has 0 bridgehead atoms. The zero-order chi connectivity index (χ0) is 28.3. The minimum absolute atomic E-state index is 0.0134. The molecule has 0 aliphatic carbocycles. The van der Waals surface area contributed by atoms with E-state index in [4.69, 9.17) is 11.6 Å². The van der Waals surface area contributed by atoms with Crippen LogP contribution >= 0.6 is 34.3 Å². The first-order chi connectivity index (χ1) is 19.9. The van der Waals surface area contributed by atoms with Crippen molar-refractivity contribution in [3.8, 4) is 10.4 Å². The molecule has 2 aromatic heterocycles. The van der Waals surface area contributed by atoms with Gasteiger partial charge < -0.3 is 20.9 Å². The molecule has 1 atom stereocenters. The van der Waals surface area contributed by atoms with E-state index in [9.17, 15) is 14.4 Å². The number of aromatic nitrogens is 1. The zero-order valence-corrected chi connectivity index (χ0v) is 24.5. The largest absolute Gasteiger partial charge is 0.348 e. The molecule has 11 heteroatoms. The summed E-state index contributed by atoms with van der Waals surface area (Å²) in [6, 6.07) is 18.4. The van der Waals surface area contributed by atoms with Gasteiger partial charge in [0.2, 0.25) is 5.91 Å². The number of hydrogen-bond donors (Lipinski definition) is 3. The highest BCUT2D eigenvalue weighted by atomic mass is 35.5. The summed E-state index contributed by atoms with van der Waals surface area (Å²) in [6.45, 7) is 2.54. The van der Waals surface area contributed by atoms with Crippen molar-refractivity contribution < 1.29 is 14.4 Å². The second-order valence-electron chi connectivity index (χ2n) is 10.2. The van der Waals surface area contributed by atoms with Crippen molar-refractivity contribution in [2.24, 2.45) is 0 Å². The molecular weight excluding hydrogens is 578 g/mol. The average molecular weight is 606 g/mol. The fourth-order valence-corrected chi connectivity index (χ4v) is 6.98. The maximum absolute atomic E-state index is 13.0. The highest BCUT2D eigenvalue weighted by Crippen LogP contribution is 2.36. The number of anilines is 1. The number of likely N-dealkylation sites (tertiary alicyclic amines) is 1. The zero-order valence-electron chi connectivity index (χ0n) is 22.1. The Bertz CT molecular complexity index is 1570. The Balaban J connectivity index is 0.991. The van der Waals surface area contributed by atoms with Gasteiger partial charge in [-0.25, -0.2) is 4.98 Å². The minimum Gasteiger partial charge on any atom is -0.348 e. The molecule has 0 spiro atoms. The van der Waals surface area contributed by atoms with Crippen LogP contribution in [0.4, 0.5) is 5.00 Å². The van der Waals surface area contributed by atoms with Crippen molar-refractivity contribution in [2.45, 2.75) is 31.3 Å². The average Bonchev–Trinajstić information content (AvgIpc) is 3.74. The lowest BCUT2D eigenvalue weighted by atomic mass is 10.0. The topological polar surface area (TPSA) is 103 Å². The van der Waals surface area contributed by atoms with Gasteiger partial charge >= 0.3 is 0 Å². The Morgan fingerprint density at radius 3 is 2.63 bits per heavy atom. The van der Waals surface area contributed by atoms with Gasteiger partial charge in [-0.1, -0.05) is 41.9 Å². The number of carbonyl (C=O) groups excluding carboxylic acids is 3. The van der Waals surface area contributed by atoms with Gasteiger partial charge in [0.15, 0.2) is 0 Å². The Kier molecular flexibility index (Phi) is 8.16. The second-order valence-corrected chi connectivity index (χ2v) is 12.7. The number of amides is 3. The van der Waals surface area contributed by atoms with Gasteiger partial charge in [0.05, 0.1) is 25.8 Å². The number of thiophene rings is 1. The molecular formula is C30H28ClN5O3S2. The van der Waals surface area contributed by atoms with E-state index in [1.165, 1.54) is 11.3 Å². The fourth-order valence-electron chi connectivity index (χ4n) is 4.90. The van der Waals surface area contributed by atoms with Crippen molar-refractivity contribution in [1.29, 1.82) is 0 Å². The highest BCUT2D eigenvalue weighted by Gasteiger charge is 2.35. The smallest absolute Gasteiger partial charge is 0.264 e. The van der Waals surface area contributed by atoms with Crippen LogP contribution in [0.15, 0.2) is 66.9 Å². The van der Waals surface area contributed by atoms with Gasteiger partial charge in [-0.15, -0.1) is 22.7 Å². The van der Waals surface area contributed by atoms with E-state index in [2.05, 4.69) is 20.9 Å². The molecule has 41 heavy (non-hydrogen) atoms. The molecule has 3 N–H and O–H groups in total. The van der Waals surface area contributed by atoms with Crippen molar-refractivity contribution in [2.75, 3.05) is 25.0 Å². The first kappa shape index (κ1) is 27.6. The number of rotatable bonds is 8. The molecule has 4 heterocycles. The predicted octanol–water partition coefficient (Wildman–Crippen LogP) is 5.39. The number of nitrogens with zero attached hydrogens (tertiary/aromatic N) is 2. The quantitative estimate of drug-likeness (QED) is 0.250. The Morgan fingerprint density at radius 1 is 1.05 bits per heavy atom. The summed E-state index contributed by atoms with van der Waals surface area (Å²) in [5.74, 6) is -0.00572. The third-order valence-electron chi connectivity index (χ3n) is 7.26. The first-order valence-electron chi connectivity index (χ1n) is 13.4. The summed E-state index contributed by atoms with van der Waals surface area (Å²) in [4.78, 5) is 45.8. The number of nitrogens with one attached hydrogen (secondary N) is 3. The summed E-state index contributed by atoms with van der Waals surface area (Å²) in [7, 11) is 0. The van der Waals surface area contributed by atoms with E-state index in [-0.39, 0.29) is 29.7 Å². The maximum Gasteiger partial charge on any atom is 0.264 e. The summed E-state index contributed by atoms with van der Waals surface area (Å²) in [5.41, 5.74) is 2.59. The monoisotopic (exact) mass is 605 g/mol. The van der Waals surface area contributed by atoms with Crippen molar-refractivity contribution in [1.82, 2.24) is 20.5 Å². The third-order valence-corrected chi connectivity index (χ3v) is 9.69. The lowest BCUT2D eigenvalue weighted by Crippen LogP contribution is -2.48. The molecule has 2 saturated heterocycles. The summed E-state index contributed by atoms with van der Waals surface area (Å²) in [6.07, 6.45) is 3.73. The van der Waals surface area contributed by atoms with Crippen molar-refractivity contribution >= 4 is 57.0 Å². The predicted molar refractivity (Wildman–Crippen MR) is 163 cm³/mol. The van der Waals surface area contributed by atoms with Gasteiger partial charge in [0, 0.05) is 42.3 Å². The number of hydrogen-bond acceptors (Lipinski definition) is 7. The molecule has 0 unspecified atom stereocenters. The van der Waals surface area contributed by atoms with Crippen LogP contribution in [-0.2, 0) is 11.3 Å². The standard InChI is InChI=1S/C30H28ClN5O3S2/c31-22-4-1-3-20(13-22)27(37)33-14-18-6-8-19(9-7-18)25-15-34-29(41-25)21-16-36(17-21)30(39)24-10-11-26(40-24)35-28(38)23-5-2-12-32-23/h1,3-4,6-11,13,15,21,23,32H,2,5,12,14,16-17H2,(H,33,37)(H,35,38)/t23-/m0/s1. The van der Waals surface area contributed by atoms with Crippen molar-refractivity contribution in [3.63, 3.8) is 0 Å². The van der Waals surface area contributed by atoms with E-state index < -0.39 is 0 Å². The molecule has 0 saturated carbocycles. The molecule has 2 aromatic carbocycles. The van der Waals surface area contributed by atoms with Gasteiger partial charge in [0.25, 0.3) is 11.8 Å². The highest BCUT2D eigenvalue weighted by molar-refractivity contribution is 7.18. The Morgan fingerprint density at radius 2 is 1.88 bits per heavy atom. The van der Waals surface area contributed by atoms with Crippen LogP contribution in [0.5, 0.6) is 0 Å². The number of halogens is 1. The van der Waals surface area contributed by atoms with Crippen LogP contribution < -0.4 is 16.0 Å². The van der Waals surface area contributed by atoms with Crippen molar-refractivity contribution in [3.05, 3.63) is 92.9 Å². The molecule has 210 valence electrons. The van der Waals surface area contributed by atoms with Crippen LogP contribution in [0.2, 0.25) is 5.02 Å². The van der Waals surface area contributed by atoms with E-state index in [0.717, 1.165) is 40.4 Å².